The molecule has 0 bridgehead atoms. The van der Waals surface area contributed by atoms with Crippen LogP contribution < -0.4 is 5.32 Å². The minimum Gasteiger partial charge on any atom is -0.317 e. The molecule has 2 aromatic rings. The molecule has 17 heavy (non-hydrogen) atoms. The third-order valence-electron chi connectivity index (χ3n) is 2.95. The van der Waals surface area contributed by atoms with Crippen molar-refractivity contribution in [1.82, 2.24) is 20.3 Å². The first-order valence-electron chi connectivity index (χ1n) is 5.93. The van der Waals surface area contributed by atoms with Crippen LogP contribution in [0.4, 0.5) is 0 Å². The van der Waals surface area contributed by atoms with Crippen LogP contribution in [0, 0.1) is 0 Å². The van der Waals surface area contributed by atoms with Gasteiger partial charge >= 0.3 is 0 Å². The molecule has 0 spiro atoms. The van der Waals surface area contributed by atoms with Crippen LogP contribution in [0.25, 0.3) is 5.69 Å². The molecule has 2 rings (SSSR count). The zero-order valence-corrected chi connectivity index (χ0v) is 10.3. The SMILES string of the molecule is CNC(C)CCc1cnnn1-c1ccccc1. The van der Waals surface area contributed by atoms with Crippen molar-refractivity contribution in [2.45, 2.75) is 25.8 Å². The number of aromatic nitrogens is 3. The largest absolute Gasteiger partial charge is 0.317 e. The highest BCUT2D eigenvalue weighted by molar-refractivity contribution is 5.31. The van der Waals surface area contributed by atoms with Gasteiger partial charge < -0.3 is 5.32 Å². The van der Waals surface area contributed by atoms with Crippen LogP contribution in [-0.4, -0.2) is 28.1 Å². The molecular formula is C13H18N4. The maximum atomic E-state index is 4.14. The van der Waals surface area contributed by atoms with E-state index in [-0.39, 0.29) is 0 Å². The first kappa shape index (κ1) is 11.8. The van der Waals surface area contributed by atoms with E-state index in [0.717, 1.165) is 24.2 Å². The van der Waals surface area contributed by atoms with E-state index in [9.17, 15) is 0 Å². The fourth-order valence-corrected chi connectivity index (χ4v) is 1.72. The monoisotopic (exact) mass is 230 g/mol. The zero-order valence-electron chi connectivity index (χ0n) is 10.3. The highest BCUT2D eigenvalue weighted by Crippen LogP contribution is 2.10. The molecule has 1 aromatic carbocycles. The Morgan fingerprint density at radius 1 is 1.29 bits per heavy atom. The van der Waals surface area contributed by atoms with Crippen LogP contribution in [0.3, 0.4) is 0 Å². The molecule has 1 heterocycles. The molecule has 0 aliphatic rings. The zero-order chi connectivity index (χ0) is 12.1. The number of para-hydroxylation sites is 1. The van der Waals surface area contributed by atoms with Crippen molar-refractivity contribution in [3.63, 3.8) is 0 Å². The van der Waals surface area contributed by atoms with E-state index in [4.69, 9.17) is 0 Å². The van der Waals surface area contributed by atoms with Gasteiger partial charge in [0.25, 0.3) is 0 Å². The Morgan fingerprint density at radius 2 is 2.06 bits per heavy atom. The lowest BCUT2D eigenvalue weighted by Crippen LogP contribution is -2.22. The predicted molar refractivity (Wildman–Crippen MR) is 68.2 cm³/mol. The summed E-state index contributed by atoms with van der Waals surface area (Å²) in [6, 6.07) is 10.6. The van der Waals surface area contributed by atoms with Crippen molar-refractivity contribution in [3.8, 4) is 5.69 Å². The molecule has 0 saturated carbocycles. The fraction of sp³-hybridized carbons (Fsp3) is 0.385. The molecule has 4 nitrogen and oxygen atoms in total. The first-order chi connectivity index (χ1) is 8.31. The van der Waals surface area contributed by atoms with Crippen LogP contribution in [0.15, 0.2) is 36.5 Å². The van der Waals surface area contributed by atoms with E-state index in [1.165, 1.54) is 0 Å². The summed E-state index contributed by atoms with van der Waals surface area (Å²) >= 11 is 0. The summed E-state index contributed by atoms with van der Waals surface area (Å²) in [7, 11) is 1.98. The van der Waals surface area contributed by atoms with Gasteiger partial charge in [0, 0.05) is 6.04 Å². The summed E-state index contributed by atoms with van der Waals surface area (Å²) in [5, 5.41) is 11.4. The van der Waals surface area contributed by atoms with Crippen LogP contribution in [-0.2, 0) is 6.42 Å². The van der Waals surface area contributed by atoms with Crippen molar-refractivity contribution in [2.24, 2.45) is 0 Å². The summed E-state index contributed by atoms with van der Waals surface area (Å²) in [5.74, 6) is 0. The number of benzene rings is 1. The van der Waals surface area contributed by atoms with E-state index in [1.54, 1.807) is 0 Å². The minimum absolute atomic E-state index is 0.508. The Morgan fingerprint density at radius 3 is 2.76 bits per heavy atom. The third-order valence-corrected chi connectivity index (χ3v) is 2.95. The Bertz CT molecular complexity index is 449. The number of hydrogen-bond donors (Lipinski definition) is 1. The van der Waals surface area contributed by atoms with E-state index < -0.39 is 0 Å². The van der Waals surface area contributed by atoms with Crippen molar-refractivity contribution in [1.29, 1.82) is 0 Å². The third kappa shape index (κ3) is 2.91. The van der Waals surface area contributed by atoms with Crippen LogP contribution >= 0.6 is 0 Å². The molecule has 1 aromatic heterocycles. The number of nitrogens with zero attached hydrogens (tertiary/aromatic N) is 3. The molecule has 1 N–H and O–H groups in total. The van der Waals surface area contributed by atoms with E-state index in [2.05, 4.69) is 22.6 Å². The molecule has 0 amide bonds. The normalized spacial score (nSPS) is 12.6. The van der Waals surface area contributed by atoms with E-state index in [1.807, 2.05) is 48.3 Å². The molecule has 0 saturated heterocycles. The molecule has 90 valence electrons. The summed E-state index contributed by atoms with van der Waals surface area (Å²) in [6.07, 6.45) is 3.90. The lowest BCUT2D eigenvalue weighted by atomic mass is 10.1. The number of hydrogen-bond acceptors (Lipinski definition) is 3. The van der Waals surface area contributed by atoms with Crippen molar-refractivity contribution in [3.05, 3.63) is 42.2 Å². The van der Waals surface area contributed by atoms with Gasteiger partial charge in [0.15, 0.2) is 0 Å². The summed E-state index contributed by atoms with van der Waals surface area (Å²) in [4.78, 5) is 0. The molecule has 1 unspecified atom stereocenters. The molecule has 0 radical (unpaired) electrons. The van der Waals surface area contributed by atoms with E-state index >= 15 is 0 Å². The highest BCUT2D eigenvalue weighted by atomic mass is 15.4. The molecule has 0 fully saturated rings. The van der Waals surface area contributed by atoms with Crippen LogP contribution in [0.5, 0.6) is 0 Å². The van der Waals surface area contributed by atoms with Crippen LogP contribution in [0.1, 0.15) is 19.0 Å². The van der Waals surface area contributed by atoms with Crippen molar-refractivity contribution >= 4 is 0 Å². The average Bonchev–Trinajstić information content (AvgIpc) is 2.85. The number of rotatable bonds is 5. The standard InChI is InChI=1S/C13H18N4/c1-11(14-2)8-9-13-10-15-16-17(13)12-6-4-3-5-7-12/h3-7,10-11,14H,8-9H2,1-2H3. The van der Waals surface area contributed by atoms with Crippen molar-refractivity contribution < 1.29 is 0 Å². The Hall–Kier alpha value is -1.68. The van der Waals surface area contributed by atoms with Gasteiger partial charge in [-0.1, -0.05) is 23.4 Å². The maximum absolute atomic E-state index is 4.14. The topological polar surface area (TPSA) is 42.7 Å². The molecule has 0 aliphatic heterocycles. The fourth-order valence-electron chi connectivity index (χ4n) is 1.72. The van der Waals surface area contributed by atoms with Gasteiger partial charge in [-0.25, -0.2) is 4.68 Å². The molecule has 1 atom stereocenters. The highest BCUT2D eigenvalue weighted by Gasteiger charge is 2.07. The Labute approximate surface area is 102 Å². The van der Waals surface area contributed by atoms with E-state index in [0.29, 0.717) is 6.04 Å². The van der Waals surface area contributed by atoms with Gasteiger partial charge in [0.05, 0.1) is 17.6 Å². The second kappa shape index (κ2) is 5.59. The lowest BCUT2D eigenvalue weighted by Gasteiger charge is -2.10. The van der Waals surface area contributed by atoms with Gasteiger partial charge in [-0.15, -0.1) is 5.10 Å². The number of aryl methyl sites for hydroxylation is 1. The number of nitrogens with one attached hydrogen (secondary N) is 1. The van der Waals surface area contributed by atoms with Gasteiger partial charge in [0.2, 0.25) is 0 Å². The van der Waals surface area contributed by atoms with Crippen molar-refractivity contribution in [2.75, 3.05) is 7.05 Å². The Kier molecular flexibility index (Phi) is 3.88. The second-order valence-electron chi connectivity index (χ2n) is 4.20. The van der Waals surface area contributed by atoms with Gasteiger partial charge in [-0.05, 0) is 38.9 Å². The van der Waals surface area contributed by atoms with Gasteiger partial charge in [-0.2, -0.15) is 0 Å². The van der Waals surface area contributed by atoms with Gasteiger partial charge in [-0.3, -0.25) is 0 Å². The quantitative estimate of drug-likeness (QED) is 0.851. The lowest BCUT2D eigenvalue weighted by molar-refractivity contribution is 0.555. The molecule has 4 heteroatoms. The summed E-state index contributed by atoms with van der Waals surface area (Å²) in [5.41, 5.74) is 2.22. The Balaban J connectivity index is 2.12. The maximum Gasteiger partial charge on any atom is 0.0729 e. The van der Waals surface area contributed by atoms with Gasteiger partial charge in [0.1, 0.15) is 0 Å². The average molecular weight is 230 g/mol. The predicted octanol–water partition coefficient (Wildman–Crippen LogP) is 1.81. The minimum atomic E-state index is 0.508. The van der Waals surface area contributed by atoms with Crippen LogP contribution in [0.2, 0.25) is 0 Å². The second-order valence-corrected chi connectivity index (χ2v) is 4.20. The molecule has 0 aliphatic carbocycles. The molecular weight excluding hydrogens is 212 g/mol. The summed E-state index contributed by atoms with van der Waals surface area (Å²) in [6.45, 7) is 2.18. The summed E-state index contributed by atoms with van der Waals surface area (Å²) < 4.78 is 1.91. The first-order valence-corrected chi connectivity index (χ1v) is 5.93. The smallest absolute Gasteiger partial charge is 0.0729 e.